The third-order valence-electron chi connectivity index (χ3n) is 5.70. The van der Waals surface area contributed by atoms with E-state index in [2.05, 4.69) is 10.3 Å². The number of benzene rings is 1. The van der Waals surface area contributed by atoms with E-state index in [-0.39, 0.29) is 24.3 Å². The van der Waals surface area contributed by atoms with Crippen molar-refractivity contribution >= 4 is 28.8 Å². The van der Waals surface area contributed by atoms with E-state index in [4.69, 9.17) is 0 Å². The first-order valence-electron chi connectivity index (χ1n) is 10.8. The van der Waals surface area contributed by atoms with E-state index in [1.54, 1.807) is 34.7 Å². The molecule has 1 fully saturated rings. The molecule has 4 rings (SSSR count). The van der Waals surface area contributed by atoms with Crippen LogP contribution in [0.4, 0.5) is 5.69 Å². The molecule has 1 saturated carbocycles. The number of carbonyl (C=O) groups is 2. The Morgan fingerprint density at radius 2 is 1.87 bits per heavy atom. The molecule has 5 nitrogen and oxygen atoms in total. The van der Waals surface area contributed by atoms with Gasteiger partial charge in [0, 0.05) is 12.2 Å². The van der Waals surface area contributed by atoms with Crippen molar-refractivity contribution in [2.45, 2.75) is 50.6 Å². The van der Waals surface area contributed by atoms with Crippen molar-refractivity contribution < 1.29 is 9.59 Å². The summed E-state index contributed by atoms with van der Waals surface area (Å²) in [6.07, 6.45) is 9.01. The number of carbonyl (C=O) groups excluding carboxylic acids is 2. The third kappa shape index (κ3) is 5.39. The van der Waals surface area contributed by atoms with E-state index in [1.807, 2.05) is 53.2 Å². The van der Waals surface area contributed by atoms with Crippen LogP contribution in [0.2, 0.25) is 0 Å². The molecule has 0 saturated heterocycles. The van der Waals surface area contributed by atoms with Crippen LogP contribution in [0.1, 0.15) is 49.3 Å². The first-order valence-corrected chi connectivity index (χ1v) is 11.7. The van der Waals surface area contributed by atoms with Crippen LogP contribution in [-0.4, -0.2) is 22.8 Å². The van der Waals surface area contributed by atoms with E-state index in [0.717, 1.165) is 36.8 Å². The zero-order valence-corrected chi connectivity index (χ0v) is 18.3. The van der Waals surface area contributed by atoms with Crippen molar-refractivity contribution in [1.29, 1.82) is 0 Å². The van der Waals surface area contributed by atoms with E-state index in [1.165, 1.54) is 6.42 Å². The predicted octanol–water partition coefficient (Wildman–Crippen LogP) is 4.91. The first kappa shape index (κ1) is 21.2. The minimum absolute atomic E-state index is 0.126. The molecule has 3 aromatic rings. The molecular weight excluding hydrogens is 406 g/mol. The summed E-state index contributed by atoms with van der Waals surface area (Å²) in [5.74, 6) is -0.264. The molecule has 0 aliphatic heterocycles. The molecule has 1 unspecified atom stereocenters. The van der Waals surface area contributed by atoms with Gasteiger partial charge in [0.25, 0.3) is 0 Å². The molecule has 1 atom stereocenters. The number of anilines is 1. The standard InChI is InChI=1S/C25H27N3O2S/c29-23(16-19-13-15-31-18-19)28(22-12-7-14-26-17-22)24(20-8-3-1-4-9-20)25(30)27-21-10-5-2-6-11-21/h1,3-4,7-9,12-15,17-18,21,24H,2,5-6,10-11,16H2,(H,27,30). The second kappa shape index (κ2) is 10.4. The maximum atomic E-state index is 13.6. The van der Waals surface area contributed by atoms with Gasteiger partial charge in [-0.2, -0.15) is 11.3 Å². The van der Waals surface area contributed by atoms with Crippen LogP contribution in [0.5, 0.6) is 0 Å². The number of amides is 2. The van der Waals surface area contributed by atoms with Gasteiger partial charge < -0.3 is 5.32 Å². The van der Waals surface area contributed by atoms with Crippen molar-refractivity contribution in [1.82, 2.24) is 10.3 Å². The summed E-state index contributed by atoms with van der Waals surface area (Å²) in [4.78, 5) is 33.0. The van der Waals surface area contributed by atoms with Gasteiger partial charge in [-0.1, -0.05) is 49.6 Å². The van der Waals surface area contributed by atoms with E-state index in [0.29, 0.717) is 5.69 Å². The van der Waals surface area contributed by atoms with Gasteiger partial charge in [0.1, 0.15) is 6.04 Å². The Balaban J connectivity index is 1.70. The normalized spacial score (nSPS) is 15.2. The zero-order valence-electron chi connectivity index (χ0n) is 17.4. The molecule has 0 radical (unpaired) electrons. The fourth-order valence-electron chi connectivity index (χ4n) is 4.17. The molecule has 0 bridgehead atoms. The van der Waals surface area contributed by atoms with Crippen LogP contribution in [0.25, 0.3) is 0 Å². The summed E-state index contributed by atoms with van der Waals surface area (Å²) in [6.45, 7) is 0. The van der Waals surface area contributed by atoms with E-state index < -0.39 is 6.04 Å². The number of rotatable bonds is 7. The number of aromatic nitrogens is 1. The third-order valence-corrected chi connectivity index (χ3v) is 6.43. The Hall–Kier alpha value is -2.99. The fraction of sp³-hybridized carbons (Fsp3) is 0.320. The molecule has 6 heteroatoms. The Labute approximate surface area is 187 Å². The lowest BCUT2D eigenvalue weighted by molar-refractivity contribution is -0.127. The highest BCUT2D eigenvalue weighted by Gasteiger charge is 2.34. The van der Waals surface area contributed by atoms with Crippen molar-refractivity contribution in [2.24, 2.45) is 0 Å². The first-order chi connectivity index (χ1) is 15.2. The average Bonchev–Trinajstić information content (AvgIpc) is 3.32. The molecule has 2 amide bonds. The predicted molar refractivity (Wildman–Crippen MR) is 124 cm³/mol. The molecule has 1 aliphatic rings. The van der Waals surface area contributed by atoms with Crippen LogP contribution in [0.15, 0.2) is 71.7 Å². The van der Waals surface area contributed by atoms with Gasteiger partial charge in [0.15, 0.2) is 0 Å². The van der Waals surface area contributed by atoms with Gasteiger partial charge in [0.2, 0.25) is 11.8 Å². The fourth-order valence-corrected chi connectivity index (χ4v) is 4.84. The molecule has 1 aliphatic carbocycles. The molecule has 2 heterocycles. The van der Waals surface area contributed by atoms with Gasteiger partial charge in [-0.15, -0.1) is 0 Å². The summed E-state index contributed by atoms with van der Waals surface area (Å²) in [5.41, 5.74) is 2.36. The second-order valence-electron chi connectivity index (χ2n) is 7.94. The van der Waals surface area contributed by atoms with E-state index >= 15 is 0 Å². The summed E-state index contributed by atoms with van der Waals surface area (Å²) < 4.78 is 0. The maximum absolute atomic E-state index is 13.6. The molecule has 1 N–H and O–H groups in total. The lowest BCUT2D eigenvalue weighted by atomic mass is 9.94. The molecule has 0 spiro atoms. The zero-order chi connectivity index (χ0) is 21.5. The Morgan fingerprint density at radius 1 is 1.06 bits per heavy atom. The average molecular weight is 434 g/mol. The van der Waals surface area contributed by atoms with Crippen molar-refractivity contribution in [3.63, 3.8) is 0 Å². The number of hydrogen-bond acceptors (Lipinski definition) is 4. The molecular formula is C25H27N3O2S. The van der Waals surface area contributed by atoms with Gasteiger partial charge in [-0.3, -0.25) is 19.5 Å². The smallest absolute Gasteiger partial charge is 0.248 e. The number of hydrogen-bond donors (Lipinski definition) is 1. The summed E-state index contributed by atoms with van der Waals surface area (Å²) in [7, 11) is 0. The topological polar surface area (TPSA) is 62.3 Å². The second-order valence-corrected chi connectivity index (χ2v) is 8.72. The monoisotopic (exact) mass is 433 g/mol. The highest BCUT2D eigenvalue weighted by atomic mass is 32.1. The number of nitrogens with zero attached hydrogens (tertiary/aromatic N) is 2. The maximum Gasteiger partial charge on any atom is 0.248 e. The van der Waals surface area contributed by atoms with Gasteiger partial charge in [-0.25, -0.2) is 0 Å². The highest BCUT2D eigenvalue weighted by molar-refractivity contribution is 7.08. The van der Waals surface area contributed by atoms with Crippen LogP contribution < -0.4 is 10.2 Å². The summed E-state index contributed by atoms with van der Waals surface area (Å²) >= 11 is 1.56. The Morgan fingerprint density at radius 3 is 2.55 bits per heavy atom. The van der Waals surface area contributed by atoms with Crippen LogP contribution in [0, 0.1) is 0 Å². The largest absolute Gasteiger partial charge is 0.351 e. The quantitative estimate of drug-likeness (QED) is 0.576. The van der Waals surface area contributed by atoms with Crippen molar-refractivity contribution in [2.75, 3.05) is 4.90 Å². The molecule has 160 valence electrons. The number of pyridine rings is 1. The number of nitrogens with one attached hydrogen (secondary N) is 1. The SMILES string of the molecule is O=C(NC1CCCCC1)C(c1ccccc1)N(C(=O)Cc1ccsc1)c1cccnc1. The van der Waals surface area contributed by atoms with Gasteiger partial charge >= 0.3 is 0 Å². The minimum atomic E-state index is -0.751. The summed E-state index contributed by atoms with van der Waals surface area (Å²) in [6, 6.07) is 14.5. The highest BCUT2D eigenvalue weighted by Crippen LogP contribution is 2.29. The van der Waals surface area contributed by atoms with E-state index in [9.17, 15) is 9.59 Å². The Bertz CT molecular complexity index is 971. The van der Waals surface area contributed by atoms with Crippen molar-refractivity contribution in [3.8, 4) is 0 Å². The van der Waals surface area contributed by atoms with Crippen LogP contribution >= 0.6 is 11.3 Å². The van der Waals surface area contributed by atoms with Gasteiger partial charge in [-0.05, 0) is 52.9 Å². The van der Waals surface area contributed by atoms with Crippen LogP contribution in [0.3, 0.4) is 0 Å². The molecule has 1 aromatic carbocycles. The van der Waals surface area contributed by atoms with Gasteiger partial charge in [0.05, 0.1) is 18.3 Å². The lowest BCUT2D eigenvalue weighted by Gasteiger charge is -2.33. The van der Waals surface area contributed by atoms with Crippen LogP contribution in [-0.2, 0) is 16.0 Å². The summed E-state index contributed by atoms with van der Waals surface area (Å²) in [5, 5.41) is 7.16. The van der Waals surface area contributed by atoms with Crippen molar-refractivity contribution in [3.05, 3.63) is 82.8 Å². The molecule has 2 aromatic heterocycles. The molecule has 31 heavy (non-hydrogen) atoms. The minimum Gasteiger partial charge on any atom is -0.351 e. The lowest BCUT2D eigenvalue weighted by Crippen LogP contribution is -2.47. The Kier molecular flexibility index (Phi) is 7.10. The number of thiophene rings is 1.